The first-order valence-corrected chi connectivity index (χ1v) is 3.34. The summed E-state index contributed by atoms with van der Waals surface area (Å²) >= 11 is 0. The number of hydrogen-bond acceptors (Lipinski definition) is 4. The molecule has 0 fully saturated rings. The van der Waals surface area contributed by atoms with E-state index in [9.17, 15) is 22.8 Å². The first-order chi connectivity index (χ1) is 6.35. The minimum Gasteiger partial charge on any atom is -0.466 e. The van der Waals surface area contributed by atoms with Gasteiger partial charge in [-0.1, -0.05) is 0 Å². The van der Waals surface area contributed by atoms with E-state index in [0.717, 1.165) is 7.11 Å². The Hall–Kier alpha value is -1.53. The van der Waals surface area contributed by atoms with E-state index >= 15 is 0 Å². The Balaban J connectivity index is 3.88. The number of esters is 2. The van der Waals surface area contributed by atoms with E-state index in [-0.39, 0.29) is 0 Å². The maximum atomic E-state index is 11.5. The van der Waals surface area contributed by atoms with Crippen molar-refractivity contribution in [2.24, 2.45) is 0 Å². The molecule has 80 valence electrons. The molecule has 0 bridgehead atoms. The molecule has 0 aliphatic rings. The smallest absolute Gasteiger partial charge is 0.422 e. The molecule has 0 saturated carbocycles. The lowest BCUT2D eigenvalue weighted by molar-refractivity contribution is -0.182. The van der Waals surface area contributed by atoms with Gasteiger partial charge in [0, 0.05) is 12.2 Å². The number of alkyl halides is 3. The van der Waals surface area contributed by atoms with Crippen LogP contribution in [-0.2, 0) is 19.1 Å². The van der Waals surface area contributed by atoms with Gasteiger partial charge in [0.15, 0.2) is 6.61 Å². The fraction of sp³-hybridized carbons (Fsp3) is 0.429. The molecule has 0 aromatic rings. The van der Waals surface area contributed by atoms with Gasteiger partial charge in [0.05, 0.1) is 7.11 Å². The molecule has 0 N–H and O–H groups in total. The van der Waals surface area contributed by atoms with Crippen molar-refractivity contribution < 1.29 is 32.2 Å². The van der Waals surface area contributed by atoms with Crippen LogP contribution < -0.4 is 0 Å². The van der Waals surface area contributed by atoms with Crippen LogP contribution in [0.3, 0.4) is 0 Å². The highest BCUT2D eigenvalue weighted by atomic mass is 19.4. The van der Waals surface area contributed by atoms with E-state index in [1.807, 2.05) is 0 Å². The average molecular weight is 212 g/mol. The molecular formula is C7H7F3O4. The lowest BCUT2D eigenvalue weighted by atomic mass is 10.5. The molecule has 0 aliphatic carbocycles. The second-order valence-corrected chi connectivity index (χ2v) is 2.08. The molecule has 0 atom stereocenters. The fourth-order valence-corrected chi connectivity index (χ4v) is 0.405. The number of hydrogen-bond donors (Lipinski definition) is 0. The van der Waals surface area contributed by atoms with Gasteiger partial charge in [0.2, 0.25) is 0 Å². The van der Waals surface area contributed by atoms with Crippen LogP contribution in [0.4, 0.5) is 13.2 Å². The molecule has 0 heterocycles. The molecule has 0 aromatic heterocycles. The van der Waals surface area contributed by atoms with E-state index in [0.29, 0.717) is 12.2 Å². The highest BCUT2D eigenvalue weighted by Crippen LogP contribution is 2.14. The fourth-order valence-electron chi connectivity index (χ4n) is 0.405. The Morgan fingerprint density at radius 1 is 1.21 bits per heavy atom. The molecule has 0 rings (SSSR count). The summed E-state index contributed by atoms with van der Waals surface area (Å²) in [4.78, 5) is 20.9. The van der Waals surface area contributed by atoms with Gasteiger partial charge in [-0.2, -0.15) is 13.2 Å². The molecule has 0 amide bonds. The number of methoxy groups -OCH3 is 1. The predicted molar refractivity (Wildman–Crippen MR) is 38.2 cm³/mol. The quantitative estimate of drug-likeness (QED) is 0.513. The number of carbonyl (C=O) groups excluding carboxylic acids is 2. The molecule has 4 nitrogen and oxygen atoms in total. The standard InChI is InChI=1S/C7H7F3O4/c1-13-5(11)2-3-6(12)14-4-7(8,9)10/h2-3H,4H2,1H3/b3-2-. The Morgan fingerprint density at radius 3 is 2.14 bits per heavy atom. The first-order valence-electron chi connectivity index (χ1n) is 3.34. The van der Waals surface area contributed by atoms with Crippen molar-refractivity contribution >= 4 is 11.9 Å². The second kappa shape index (κ2) is 5.25. The van der Waals surface area contributed by atoms with Crippen molar-refractivity contribution in [2.75, 3.05) is 13.7 Å². The van der Waals surface area contributed by atoms with Gasteiger partial charge in [-0.25, -0.2) is 9.59 Å². The molecule has 0 saturated heterocycles. The van der Waals surface area contributed by atoms with Crippen LogP contribution in [0.5, 0.6) is 0 Å². The zero-order valence-electron chi connectivity index (χ0n) is 7.13. The van der Waals surface area contributed by atoms with Crippen molar-refractivity contribution in [1.82, 2.24) is 0 Å². The molecule has 0 unspecified atom stereocenters. The second-order valence-electron chi connectivity index (χ2n) is 2.08. The van der Waals surface area contributed by atoms with Crippen LogP contribution in [0.2, 0.25) is 0 Å². The Bertz CT molecular complexity index is 244. The average Bonchev–Trinajstić information content (AvgIpc) is 2.09. The van der Waals surface area contributed by atoms with Gasteiger partial charge < -0.3 is 9.47 Å². The van der Waals surface area contributed by atoms with Crippen LogP contribution in [0.25, 0.3) is 0 Å². The summed E-state index contributed by atoms with van der Waals surface area (Å²) in [5.74, 6) is -2.11. The van der Waals surface area contributed by atoms with E-state index in [2.05, 4.69) is 9.47 Å². The summed E-state index contributed by atoms with van der Waals surface area (Å²) in [7, 11) is 1.06. The van der Waals surface area contributed by atoms with Gasteiger partial charge in [-0.05, 0) is 0 Å². The Morgan fingerprint density at radius 2 is 1.71 bits per heavy atom. The first kappa shape index (κ1) is 12.5. The highest BCUT2D eigenvalue weighted by molar-refractivity contribution is 5.91. The predicted octanol–water partition coefficient (Wildman–Crippen LogP) is 0.821. The van der Waals surface area contributed by atoms with Crippen LogP contribution in [0.1, 0.15) is 0 Å². The topological polar surface area (TPSA) is 52.6 Å². The Kier molecular flexibility index (Phi) is 4.68. The van der Waals surface area contributed by atoms with E-state index in [1.165, 1.54) is 0 Å². The monoisotopic (exact) mass is 212 g/mol. The summed E-state index contributed by atoms with van der Waals surface area (Å²) in [6, 6.07) is 0. The number of halogens is 3. The van der Waals surface area contributed by atoms with Crippen molar-refractivity contribution in [2.45, 2.75) is 6.18 Å². The van der Waals surface area contributed by atoms with E-state index in [4.69, 9.17) is 0 Å². The van der Waals surface area contributed by atoms with Crippen LogP contribution in [0.15, 0.2) is 12.2 Å². The molecular weight excluding hydrogens is 205 g/mol. The number of rotatable bonds is 3. The lowest BCUT2D eigenvalue weighted by Crippen LogP contribution is -2.19. The lowest BCUT2D eigenvalue weighted by Gasteiger charge is -2.04. The molecule has 0 aromatic carbocycles. The van der Waals surface area contributed by atoms with Crippen LogP contribution >= 0.6 is 0 Å². The molecule has 14 heavy (non-hydrogen) atoms. The number of carbonyl (C=O) groups is 2. The van der Waals surface area contributed by atoms with Crippen LogP contribution in [0, 0.1) is 0 Å². The molecule has 7 heteroatoms. The van der Waals surface area contributed by atoms with E-state index in [1.54, 1.807) is 0 Å². The SMILES string of the molecule is COC(=O)/C=C\C(=O)OCC(F)(F)F. The summed E-state index contributed by atoms with van der Waals surface area (Å²) in [6.07, 6.45) is -3.36. The van der Waals surface area contributed by atoms with Crippen molar-refractivity contribution in [3.63, 3.8) is 0 Å². The Labute approximate surface area is 77.3 Å². The molecule has 0 aliphatic heterocycles. The normalized spacial score (nSPS) is 11.4. The maximum absolute atomic E-state index is 11.5. The summed E-state index contributed by atoms with van der Waals surface area (Å²) in [5, 5.41) is 0. The highest BCUT2D eigenvalue weighted by Gasteiger charge is 2.29. The third-order valence-electron chi connectivity index (χ3n) is 0.935. The summed E-state index contributed by atoms with van der Waals surface area (Å²) in [6.45, 7) is -1.68. The van der Waals surface area contributed by atoms with Crippen molar-refractivity contribution in [3.8, 4) is 0 Å². The zero-order chi connectivity index (χ0) is 11.2. The minimum absolute atomic E-state index is 0.553. The van der Waals surface area contributed by atoms with Crippen molar-refractivity contribution in [1.29, 1.82) is 0 Å². The summed E-state index contributed by atoms with van der Waals surface area (Å²) in [5.41, 5.74) is 0. The zero-order valence-corrected chi connectivity index (χ0v) is 7.13. The summed E-state index contributed by atoms with van der Waals surface area (Å²) < 4.78 is 42.3. The maximum Gasteiger partial charge on any atom is 0.422 e. The van der Waals surface area contributed by atoms with Crippen molar-refractivity contribution in [3.05, 3.63) is 12.2 Å². The third kappa shape index (κ3) is 7.14. The third-order valence-corrected chi connectivity index (χ3v) is 0.935. The van der Waals surface area contributed by atoms with Gasteiger partial charge in [0.1, 0.15) is 0 Å². The molecule has 0 spiro atoms. The minimum atomic E-state index is -4.57. The van der Waals surface area contributed by atoms with Crippen LogP contribution in [-0.4, -0.2) is 31.8 Å². The van der Waals surface area contributed by atoms with Gasteiger partial charge in [-0.3, -0.25) is 0 Å². The molecule has 0 radical (unpaired) electrons. The van der Waals surface area contributed by atoms with E-state index < -0.39 is 24.7 Å². The largest absolute Gasteiger partial charge is 0.466 e. The van der Waals surface area contributed by atoms with Gasteiger partial charge >= 0.3 is 18.1 Å². The van der Waals surface area contributed by atoms with Gasteiger partial charge in [0.25, 0.3) is 0 Å². The van der Waals surface area contributed by atoms with Gasteiger partial charge in [-0.15, -0.1) is 0 Å². The number of ether oxygens (including phenoxy) is 2.